The van der Waals surface area contributed by atoms with Crippen molar-refractivity contribution in [1.82, 2.24) is 15.4 Å². The normalized spacial score (nSPS) is 10.7. The van der Waals surface area contributed by atoms with E-state index in [0.717, 1.165) is 12.0 Å². The van der Waals surface area contributed by atoms with Crippen LogP contribution < -0.4 is 10.1 Å². The molecule has 0 radical (unpaired) electrons. The van der Waals surface area contributed by atoms with Crippen molar-refractivity contribution in [2.45, 2.75) is 26.7 Å². The zero-order valence-electron chi connectivity index (χ0n) is 12.5. The Morgan fingerprint density at radius 2 is 2.24 bits per heavy atom. The number of aromatic nitrogens is 3. The fraction of sp³-hybridized carbons (Fsp3) is 0.400. The summed E-state index contributed by atoms with van der Waals surface area (Å²) >= 11 is 0. The van der Waals surface area contributed by atoms with Crippen LogP contribution in [0.1, 0.15) is 26.7 Å². The summed E-state index contributed by atoms with van der Waals surface area (Å²) in [4.78, 5) is 11.9. The van der Waals surface area contributed by atoms with Crippen LogP contribution in [-0.2, 0) is 4.79 Å². The van der Waals surface area contributed by atoms with Crippen molar-refractivity contribution in [3.05, 3.63) is 24.4 Å². The topological polar surface area (TPSA) is 79.9 Å². The Hall–Kier alpha value is -2.37. The average Bonchev–Trinajstić information content (AvgIpc) is 2.99. The van der Waals surface area contributed by atoms with Gasteiger partial charge in [-0.1, -0.05) is 13.8 Å². The molecule has 1 amide bonds. The molecule has 112 valence electrons. The average molecular weight is 288 g/mol. The van der Waals surface area contributed by atoms with Crippen LogP contribution in [0.25, 0.3) is 11.3 Å². The van der Waals surface area contributed by atoms with E-state index in [1.165, 1.54) is 0 Å². The molecule has 2 aromatic rings. The number of nitrogens with one attached hydrogen (secondary N) is 2. The number of H-pyrrole nitrogens is 1. The van der Waals surface area contributed by atoms with Crippen molar-refractivity contribution in [2.24, 2.45) is 5.92 Å². The molecule has 0 spiro atoms. The van der Waals surface area contributed by atoms with Crippen LogP contribution in [-0.4, -0.2) is 28.4 Å². The minimum Gasteiger partial charge on any atom is -0.496 e. The van der Waals surface area contributed by atoms with Crippen molar-refractivity contribution >= 4 is 11.6 Å². The Kier molecular flexibility index (Phi) is 4.92. The number of amides is 1. The maximum Gasteiger partial charge on any atom is 0.224 e. The SMILES string of the molecule is COc1cc(NC(=O)CCC(C)C)ccc1-c1cn[nH]n1. The molecule has 0 saturated carbocycles. The number of rotatable bonds is 6. The Morgan fingerprint density at radius 3 is 2.86 bits per heavy atom. The van der Waals surface area contributed by atoms with Gasteiger partial charge in [0.1, 0.15) is 11.4 Å². The number of carbonyl (C=O) groups is 1. The highest BCUT2D eigenvalue weighted by atomic mass is 16.5. The van der Waals surface area contributed by atoms with Crippen molar-refractivity contribution in [1.29, 1.82) is 0 Å². The maximum atomic E-state index is 11.9. The van der Waals surface area contributed by atoms with Gasteiger partial charge in [0.05, 0.1) is 13.3 Å². The second kappa shape index (κ2) is 6.88. The third-order valence-electron chi connectivity index (χ3n) is 3.13. The van der Waals surface area contributed by atoms with E-state index in [1.807, 2.05) is 12.1 Å². The van der Waals surface area contributed by atoms with Crippen molar-refractivity contribution in [2.75, 3.05) is 12.4 Å². The lowest BCUT2D eigenvalue weighted by atomic mass is 10.1. The van der Waals surface area contributed by atoms with Crippen LogP contribution in [0.5, 0.6) is 5.75 Å². The number of hydrogen-bond acceptors (Lipinski definition) is 4. The number of anilines is 1. The van der Waals surface area contributed by atoms with Crippen LogP contribution in [0.15, 0.2) is 24.4 Å². The van der Waals surface area contributed by atoms with Gasteiger partial charge in [0.25, 0.3) is 0 Å². The number of carbonyl (C=O) groups excluding carboxylic acids is 1. The molecule has 21 heavy (non-hydrogen) atoms. The van der Waals surface area contributed by atoms with Gasteiger partial charge in [-0.25, -0.2) is 0 Å². The molecule has 0 aliphatic carbocycles. The molecule has 1 aromatic heterocycles. The van der Waals surface area contributed by atoms with Crippen LogP contribution in [0.2, 0.25) is 0 Å². The van der Waals surface area contributed by atoms with E-state index < -0.39 is 0 Å². The molecule has 0 atom stereocenters. The van der Waals surface area contributed by atoms with Crippen molar-refractivity contribution in [3.63, 3.8) is 0 Å². The van der Waals surface area contributed by atoms with E-state index in [1.54, 1.807) is 19.4 Å². The predicted octanol–water partition coefficient (Wildman–Crippen LogP) is 2.86. The molecule has 0 aliphatic heterocycles. The molecule has 1 aromatic carbocycles. The quantitative estimate of drug-likeness (QED) is 0.856. The highest BCUT2D eigenvalue weighted by molar-refractivity contribution is 5.91. The number of nitrogens with zero attached hydrogens (tertiary/aromatic N) is 2. The Bertz CT molecular complexity index is 594. The fourth-order valence-electron chi connectivity index (χ4n) is 1.96. The van der Waals surface area contributed by atoms with E-state index in [2.05, 4.69) is 34.6 Å². The third-order valence-corrected chi connectivity index (χ3v) is 3.13. The summed E-state index contributed by atoms with van der Waals surface area (Å²) in [7, 11) is 1.59. The standard InChI is InChI=1S/C15H20N4O2/c1-10(2)4-7-15(20)17-11-5-6-12(14(8-11)21-3)13-9-16-19-18-13/h5-6,8-10H,4,7H2,1-3H3,(H,17,20)(H,16,18,19). The number of aromatic amines is 1. The van der Waals surface area contributed by atoms with E-state index in [-0.39, 0.29) is 5.91 Å². The summed E-state index contributed by atoms with van der Waals surface area (Å²) in [6.07, 6.45) is 3.02. The molecule has 1 heterocycles. The van der Waals surface area contributed by atoms with E-state index in [0.29, 0.717) is 29.5 Å². The zero-order chi connectivity index (χ0) is 15.2. The minimum atomic E-state index is 0.0138. The molecule has 0 bridgehead atoms. The van der Waals surface area contributed by atoms with E-state index >= 15 is 0 Å². The molecule has 2 rings (SSSR count). The van der Waals surface area contributed by atoms with Crippen molar-refractivity contribution < 1.29 is 9.53 Å². The molecule has 0 aliphatic rings. The van der Waals surface area contributed by atoms with Crippen LogP contribution in [0.3, 0.4) is 0 Å². The van der Waals surface area contributed by atoms with Gasteiger partial charge in [-0.15, -0.1) is 0 Å². The minimum absolute atomic E-state index is 0.0138. The monoisotopic (exact) mass is 288 g/mol. The highest BCUT2D eigenvalue weighted by Crippen LogP contribution is 2.30. The summed E-state index contributed by atoms with van der Waals surface area (Å²) in [6, 6.07) is 5.48. The van der Waals surface area contributed by atoms with Gasteiger partial charge in [0.15, 0.2) is 0 Å². The van der Waals surface area contributed by atoms with Gasteiger partial charge >= 0.3 is 0 Å². The highest BCUT2D eigenvalue weighted by Gasteiger charge is 2.11. The largest absolute Gasteiger partial charge is 0.496 e. The molecule has 2 N–H and O–H groups in total. The summed E-state index contributed by atoms with van der Waals surface area (Å²) in [6.45, 7) is 4.20. The number of benzene rings is 1. The first-order chi connectivity index (χ1) is 10.1. The number of methoxy groups -OCH3 is 1. The van der Waals surface area contributed by atoms with Gasteiger partial charge in [-0.05, 0) is 24.5 Å². The first-order valence-electron chi connectivity index (χ1n) is 6.94. The van der Waals surface area contributed by atoms with Crippen LogP contribution in [0.4, 0.5) is 5.69 Å². The van der Waals surface area contributed by atoms with Gasteiger partial charge in [-0.3, -0.25) is 4.79 Å². The Balaban J connectivity index is 2.10. The molecular formula is C15H20N4O2. The summed E-state index contributed by atoms with van der Waals surface area (Å²) in [5, 5.41) is 13.3. The zero-order valence-corrected chi connectivity index (χ0v) is 12.5. The second-order valence-electron chi connectivity index (χ2n) is 5.25. The molecule has 0 saturated heterocycles. The van der Waals surface area contributed by atoms with E-state index in [9.17, 15) is 4.79 Å². The Labute approximate surface area is 123 Å². The maximum absolute atomic E-state index is 11.9. The van der Waals surface area contributed by atoms with Crippen molar-refractivity contribution in [3.8, 4) is 17.0 Å². The Morgan fingerprint density at radius 1 is 1.43 bits per heavy atom. The molecule has 0 fully saturated rings. The number of ether oxygens (including phenoxy) is 1. The molecule has 0 unspecified atom stereocenters. The first-order valence-corrected chi connectivity index (χ1v) is 6.94. The van der Waals surface area contributed by atoms with Crippen LogP contribution in [0, 0.1) is 5.92 Å². The second-order valence-corrected chi connectivity index (χ2v) is 5.25. The van der Waals surface area contributed by atoms with E-state index in [4.69, 9.17) is 4.74 Å². The van der Waals surface area contributed by atoms with Gasteiger partial charge in [0, 0.05) is 23.7 Å². The lowest BCUT2D eigenvalue weighted by Crippen LogP contribution is -2.12. The summed E-state index contributed by atoms with van der Waals surface area (Å²) in [5.74, 6) is 1.17. The van der Waals surface area contributed by atoms with Crippen LogP contribution >= 0.6 is 0 Å². The van der Waals surface area contributed by atoms with Gasteiger partial charge < -0.3 is 10.1 Å². The number of hydrogen-bond donors (Lipinski definition) is 2. The lowest BCUT2D eigenvalue weighted by Gasteiger charge is -2.10. The molecule has 6 heteroatoms. The smallest absolute Gasteiger partial charge is 0.224 e. The molecule has 6 nitrogen and oxygen atoms in total. The first kappa shape index (κ1) is 15.0. The predicted molar refractivity (Wildman–Crippen MR) is 81.1 cm³/mol. The summed E-state index contributed by atoms with van der Waals surface area (Å²) < 4.78 is 5.36. The molecular weight excluding hydrogens is 268 g/mol. The summed E-state index contributed by atoms with van der Waals surface area (Å²) in [5.41, 5.74) is 2.24. The lowest BCUT2D eigenvalue weighted by molar-refractivity contribution is -0.116. The van der Waals surface area contributed by atoms with Gasteiger partial charge in [-0.2, -0.15) is 15.4 Å². The third kappa shape index (κ3) is 4.05. The van der Waals surface area contributed by atoms with Gasteiger partial charge in [0.2, 0.25) is 5.91 Å². The fourth-order valence-corrected chi connectivity index (χ4v) is 1.96.